The third-order valence-electron chi connectivity index (χ3n) is 8.03. The molecule has 1 aromatic carbocycles. The lowest BCUT2D eigenvalue weighted by Crippen LogP contribution is -2.56. The zero-order valence-electron chi connectivity index (χ0n) is 18.2. The molecule has 31 heavy (non-hydrogen) atoms. The van der Waals surface area contributed by atoms with Crippen LogP contribution in [0.2, 0.25) is 0 Å². The number of carbonyl (C=O) groups is 1. The van der Waals surface area contributed by atoms with Crippen LogP contribution >= 0.6 is 0 Å². The summed E-state index contributed by atoms with van der Waals surface area (Å²) in [5.41, 5.74) is -2.45. The van der Waals surface area contributed by atoms with E-state index in [4.69, 9.17) is 0 Å². The summed E-state index contributed by atoms with van der Waals surface area (Å²) in [6, 6.07) is 5.19. The number of sulfonamides is 1. The highest BCUT2D eigenvalue weighted by atomic mass is 32.2. The van der Waals surface area contributed by atoms with Crippen molar-refractivity contribution in [3.05, 3.63) is 34.4 Å². The van der Waals surface area contributed by atoms with Gasteiger partial charge in [-0.3, -0.25) is 14.9 Å². The van der Waals surface area contributed by atoms with Crippen LogP contribution in [0.15, 0.2) is 29.2 Å². The number of nitro groups is 1. The molecule has 170 valence electrons. The third-order valence-corrected chi connectivity index (χ3v) is 10.1. The Morgan fingerprint density at radius 2 is 1.81 bits per heavy atom. The lowest BCUT2D eigenvalue weighted by Gasteiger charge is -2.58. The lowest BCUT2D eigenvalue weighted by molar-refractivity contribution is -0.387. The lowest BCUT2D eigenvalue weighted by atomic mass is 9.49. The Morgan fingerprint density at radius 3 is 2.35 bits per heavy atom. The summed E-state index contributed by atoms with van der Waals surface area (Å²) in [7, 11) is -2.95. The fourth-order valence-electron chi connectivity index (χ4n) is 6.33. The van der Waals surface area contributed by atoms with E-state index >= 15 is 0 Å². The largest absolute Gasteiger partial charge is 0.390 e. The summed E-state index contributed by atoms with van der Waals surface area (Å²) in [6.07, 6.45) is 4.64. The average Bonchev–Trinajstić information content (AvgIpc) is 2.68. The molecule has 0 aromatic heterocycles. The number of carbonyl (C=O) groups excluding carboxylic acids is 1. The van der Waals surface area contributed by atoms with Crippen molar-refractivity contribution in [2.45, 2.75) is 68.4 Å². The van der Waals surface area contributed by atoms with Crippen LogP contribution in [0.5, 0.6) is 0 Å². The van der Waals surface area contributed by atoms with Gasteiger partial charge in [-0.15, -0.1) is 0 Å². The fraction of sp³-hybridized carbons (Fsp3) is 0.682. The second kappa shape index (κ2) is 7.35. The fourth-order valence-corrected chi connectivity index (χ4v) is 7.99. The first-order valence-corrected chi connectivity index (χ1v) is 12.3. The molecule has 4 aliphatic rings. The molecule has 1 aromatic rings. The van der Waals surface area contributed by atoms with Gasteiger partial charge in [0.2, 0.25) is 0 Å². The number of nitrogens with zero attached hydrogens (tertiary/aromatic N) is 2. The number of hydrogen-bond donors (Lipinski definition) is 1. The SMILES string of the molecule is CN(C(C)(C)C(=O)CC1C2CC3CC1CC(O)(C3)C2)S(=O)(=O)c1ccccc1[N+](=O)[O-]. The van der Waals surface area contributed by atoms with Crippen molar-refractivity contribution in [2.24, 2.45) is 23.7 Å². The van der Waals surface area contributed by atoms with Crippen LogP contribution in [0.1, 0.15) is 52.4 Å². The molecular weight excluding hydrogens is 420 g/mol. The van der Waals surface area contributed by atoms with E-state index in [1.165, 1.54) is 25.2 Å². The van der Waals surface area contributed by atoms with E-state index in [0.29, 0.717) is 17.8 Å². The molecule has 4 saturated carbocycles. The molecule has 2 atom stereocenters. The van der Waals surface area contributed by atoms with Crippen molar-refractivity contribution in [1.82, 2.24) is 4.31 Å². The maximum absolute atomic E-state index is 13.4. The summed E-state index contributed by atoms with van der Waals surface area (Å²) in [4.78, 5) is 23.6. The molecule has 4 aliphatic carbocycles. The highest BCUT2D eigenvalue weighted by molar-refractivity contribution is 7.89. The van der Waals surface area contributed by atoms with Crippen LogP contribution in [0.25, 0.3) is 0 Å². The van der Waals surface area contributed by atoms with Crippen molar-refractivity contribution in [2.75, 3.05) is 7.05 Å². The average molecular weight is 451 g/mol. The minimum Gasteiger partial charge on any atom is -0.390 e. The number of para-hydroxylation sites is 1. The number of rotatable bonds is 7. The second-order valence-corrected chi connectivity index (χ2v) is 12.2. The third kappa shape index (κ3) is 3.70. The standard InChI is InChI=1S/C22H30N2O6S/c1-21(2,23(3)31(29,30)19-7-5-4-6-18(19)24(27)28)20(25)10-17-15-8-14-9-16(17)13-22(26,11-14)12-15/h4-7,14-17,26H,8-13H2,1-3H3. The van der Waals surface area contributed by atoms with Gasteiger partial charge < -0.3 is 5.11 Å². The minimum atomic E-state index is -4.26. The van der Waals surface area contributed by atoms with Gasteiger partial charge in [-0.25, -0.2) is 8.42 Å². The van der Waals surface area contributed by atoms with Gasteiger partial charge in [-0.2, -0.15) is 4.31 Å². The molecule has 0 amide bonds. The van der Waals surface area contributed by atoms with Crippen LogP contribution in [-0.4, -0.2) is 46.7 Å². The van der Waals surface area contributed by atoms with Gasteiger partial charge in [-0.05, 0) is 75.7 Å². The molecule has 0 radical (unpaired) electrons. The van der Waals surface area contributed by atoms with Crippen LogP contribution in [0, 0.1) is 33.8 Å². The Labute approximate surface area is 182 Å². The molecule has 9 heteroatoms. The Hall–Kier alpha value is -1.84. The van der Waals surface area contributed by atoms with Crippen LogP contribution in [-0.2, 0) is 14.8 Å². The van der Waals surface area contributed by atoms with E-state index < -0.39 is 36.7 Å². The summed E-state index contributed by atoms with van der Waals surface area (Å²) in [5.74, 6) is 1.09. The van der Waals surface area contributed by atoms with E-state index in [1.807, 2.05) is 0 Å². The van der Waals surface area contributed by atoms with Gasteiger partial charge in [0.15, 0.2) is 10.7 Å². The summed E-state index contributed by atoms with van der Waals surface area (Å²) < 4.78 is 27.4. The molecule has 0 heterocycles. The first-order valence-electron chi connectivity index (χ1n) is 10.8. The molecule has 2 unspecified atom stereocenters. The first kappa shape index (κ1) is 22.4. The number of aliphatic hydroxyl groups is 1. The monoisotopic (exact) mass is 450 g/mol. The topological polar surface area (TPSA) is 118 Å². The molecule has 0 spiro atoms. The number of Topliss-reactive ketones (excluding diaryl/α,β-unsaturated/α-hetero) is 1. The summed E-state index contributed by atoms with van der Waals surface area (Å²) >= 11 is 0. The van der Waals surface area contributed by atoms with Crippen molar-refractivity contribution < 1.29 is 23.2 Å². The molecule has 5 rings (SSSR count). The van der Waals surface area contributed by atoms with Crippen LogP contribution < -0.4 is 0 Å². The molecule has 0 saturated heterocycles. The molecule has 4 bridgehead atoms. The van der Waals surface area contributed by atoms with Gasteiger partial charge in [0.05, 0.1) is 16.1 Å². The van der Waals surface area contributed by atoms with E-state index in [-0.39, 0.29) is 18.1 Å². The van der Waals surface area contributed by atoms with Crippen molar-refractivity contribution >= 4 is 21.5 Å². The van der Waals surface area contributed by atoms with Gasteiger partial charge in [0.1, 0.15) is 0 Å². The number of ketones is 1. The highest BCUT2D eigenvalue weighted by Gasteiger charge is 2.55. The van der Waals surface area contributed by atoms with E-state index in [1.54, 1.807) is 13.8 Å². The van der Waals surface area contributed by atoms with E-state index in [2.05, 4.69) is 0 Å². The predicted octanol–water partition coefficient (Wildman–Crippen LogP) is 3.14. The van der Waals surface area contributed by atoms with Crippen LogP contribution in [0.3, 0.4) is 0 Å². The van der Waals surface area contributed by atoms with Crippen molar-refractivity contribution in [3.63, 3.8) is 0 Å². The van der Waals surface area contributed by atoms with Crippen molar-refractivity contribution in [3.8, 4) is 0 Å². The molecule has 8 nitrogen and oxygen atoms in total. The van der Waals surface area contributed by atoms with Gasteiger partial charge >= 0.3 is 0 Å². The Kier molecular flexibility index (Phi) is 5.30. The van der Waals surface area contributed by atoms with Crippen molar-refractivity contribution in [1.29, 1.82) is 0 Å². The normalized spacial score (nSPS) is 32.4. The summed E-state index contributed by atoms with van der Waals surface area (Å²) in [6.45, 7) is 3.12. The Balaban J connectivity index is 1.55. The predicted molar refractivity (Wildman–Crippen MR) is 114 cm³/mol. The second-order valence-electron chi connectivity index (χ2n) is 10.2. The number of hydrogen-bond acceptors (Lipinski definition) is 6. The maximum Gasteiger partial charge on any atom is 0.289 e. The highest BCUT2D eigenvalue weighted by Crippen LogP contribution is 2.59. The smallest absolute Gasteiger partial charge is 0.289 e. The Bertz CT molecular complexity index is 1000. The number of benzene rings is 1. The minimum absolute atomic E-state index is 0.158. The number of likely N-dealkylation sites (N-methyl/N-ethyl adjacent to an activating group) is 1. The van der Waals surface area contributed by atoms with E-state index in [0.717, 1.165) is 42.5 Å². The molecular formula is C22H30N2O6S. The van der Waals surface area contributed by atoms with Gasteiger partial charge in [0, 0.05) is 19.5 Å². The van der Waals surface area contributed by atoms with Gasteiger partial charge in [0.25, 0.3) is 15.7 Å². The zero-order valence-corrected chi connectivity index (χ0v) is 19.0. The quantitative estimate of drug-likeness (QED) is 0.504. The van der Waals surface area contributed by atoms with Crippen LogP contribution in [0.4, 0.5) is 5.69 Å². The summed E-state index contributed by atoms with van der Waals surface area (Å²) in [5, 5.41) is 22.1. The van der Waals surface area contributed by atoms with Gasteiger partial charge in [-0.1, -0.05) is 12.1 Å². The van der Waals surface area contributed by atoms with E-state index in [9.17, 15) is 28.4 Å². The molecule has 4 fully saturated rings. The molecule has 1 N–H and O–H groups in total. The Morgan fingerprint density at radius 1 is 1.23 bits per heavy atom. The molecule has 0 aliphatic heterocycles. The number of nitro benzene ring substituents is 1. The zero-order chi connectivity index (χ0) is 22.8. The maximum atomic E-state index is 13.4. The first-order chi connectivity index (χ1) is 14.3.